The predicted molar refractivity (Wildman–Crippen MR) is 113 cm³/mol. The molecule has 12 heteroatoms. The van der Waals surface area contributed by atoms with Crippen molar-refractivity contribution in [2.24, 2.45) is 7.05 Å². The highest BCUT2D eigenvalue weighted by atomic mass is 19.4. The summed E-state index contributed by atoms with van der Waals surface area (Å²) in [6.45, 7) is 0.585. The molecule has 1 aromatic carbocycles. The van der Waals surface area contributed by atoms with Crippen molar-refractivity contribution in [2.45, 2.75) is 31.0 Å². The number of nitrogens with zero attached hydrogens (tertiary/aromatic N) is 5. The smallest absolute Gasteiger partial charge is 0.416 e. The summed E-state index contributed by atoms with van der Waals surface area (Å²) in [6, 6.07) is 3.94. The molecular formula is C22H20F4N6O2. The van der Waals surface area contributed by atoms with E-state index in [0.29, 0.717) is 36.4 Å². The number of hydrogen-bond acceptors (Lipinski definition) is 6. The van der Waals surface area contributed by atoms with Crippen LogP contribution in [-0.2, 0) is 13.2 Å². The lowest BCUT2D eigenvalue weighted by molar-refractivity contribution is -0.137. The van der Waals surface area contributed by atoms with Crippen LogP contribution in [0, 0.1) is 5.82 Å². The molecular weight excluding hydrogens is 456 g/mol. The van der Waals surface area contributed by atoms with E-state index in [0.717, 1.165) is 30.7 Å². The van der Waals surface area contributed by atoms with Crippen LogP contribution >= 0.6 is 0 Å². The van der Waals surface area contributed by atoms with Crippen LogP contribution in [0.4, 0.5) is 28.9 Å². The topological polar surface area (TPSA) is 85.2 Å². The Morgan fingerprint density at radius 3 is 2.56 bits per heavy atom. The minimum absolute atomic E-state index is 0.122. The molecule has 1 saturated heterocycles. The van der Waals surface area contributed by atoms with E-state index in [1.807, 2.05) is 11.0 Å². The summed E-state index contributed by atoms with van der Waals surface area (Å²) in [7, 11) is 1.72. The third-order valence-corrected chi connectivity index (χ3v) is 5.66. The van der Waals surface area contributed by atoms with Gasteiger partial charge < -0.3 is 15.0 Å². The van der Waals surface area contributed by atoms with Gasteiger partial charge in [-0.05, 0) is 31.0 Å². The molecule has 0 unspecified atom stereocenters. The van der Waals surface area contributed by atoms with Crippen molar-refractivity contribution < 1.29 is 27.1 Å². The summed E-state index contributed by atoms with van der Waals surface area (Å²) in [5, 5.41) is 15.1. The highest BCUT2D eigenvalue weighted by Gasteiger charge is 2.36. The second-order valence-corrected chi connectivity index (χ2v) is 8.45. The fraction of sp³-hybridized carbons (Fsp3) is 0.364. The van der Waals surface area contributed by atoms with E-state index >= 15 is 0 Å². The van der Waals surface area contributed by atoms with E-state index in [-0.39, 0.29) is 11.4 Å². The number of amides is 1. The number of ether oxygens (including phenoxy) is 1. The van der Waals surface area contributed by atoms with Gasteiger partial charge >= 0.3 is 6.18 Å². The van der Waals surface area contributed by atoms with Crippen molar-refractivity contribution in [1.29, 1.82) is 0 Å². The molecule has 2 aromatic heterocycles. The van der Waals surface area contributed by atoms with Crippen LogP contribution in [0.15, 0.2) is 36.7 Å². The maximum atomic E-state index is 13.7. The van der Waals surface area contributed by atoms with Crippen molar-refractivity contribution in [1.82, 2.24) is 20.0 Å². The van der Waals surface area contributed by atoms with E-state index in [4.69, 9.17) is 4.74 Å². The molecule has 178 valence electrons. The monoisotopic (exact) mass is 476 g/mol. The Hall–Kier alpha value is -3.70. The second-order valence-electron chi connectivity index (χ2n) is 8.45. The van der Waals surface area contributed by atoms with Gasteiger partial charge in [-0.2, -0.15) is 23.4 Å². The standard InChI is InChI=1S/C22H20F4N6O2/c1-31-9-15(8-27-31)28-21(33)20-19(7-18(29-30-20)12-2-3-12)32-10-17(11-32)34-16-5-13(22(24,25)26)4-14(23)6-16/h4-9,12,17H,2-3,10-11H2,1H3,(H,28,33). The van der Waals surface area contributed by atoms with Gasteiger partial charge in [0.25, 0.3) is 5.91 Å². The number of carbonyl (C=O) groups excluding carboxylic acids is 1. The zero-order valence-corrected chi connectivity index (χ0v) is 18.0. The number of nitrogens with one attached hydrogen (secondary N) is 1. The zero-order chi connectivity index (χ0) is 24.0. The molecule has 1 N–H and O–H groups in total. The van der Waals surface area contributed by atoms with Crippen molar-refractivity contribution in [3.8, 4) is 5.75 Å². The quantitative estimate of drug-likeness (QED) is 0.546. The fourth-order valence-electron chi connectivity index (χ4n) is 3.75. The molecule has 2 fully saturated rings. The number of aryl methyl sites for hydroxylation is 1. The van der Waals surface area contributed by atoms with Crippen LogP contribution in [0.5, 0.6) is 5.75 Å². The van der Waals surface area contributed by atoms with Crippen LogP contribution in [0.2, 0.25) is 0 Å². The number of halogens is 4. The molecule has 0 radical (unpaired) electrons. The zero-order valence-electron chi connectivity index (χ0n) is 18.0. The van der Waals surface area contributed by atoms with Crippen molar-refractivity contribution in [3.63, 3.8) is 0 Å². The van der Waals surface area contributed by atoms with E-state index in [1.54, 1.807) is 17.9 Å². The first-order valence-electron chi connectivity index (χ1n) is 10.6. The van der Waals surface area contributed by atoms with E-state index in [2.05, 4.69) is 20.6 Å². The first kappa shape index (κ1) is 22.1. The number of benzene rings is 1. The van der Waals surface area contributed by atoms with Gasteiger partial charge in [0.05, 0.1) is 41.9 Å². The van der Waals surface area contributed by atoms with Crippen LogP contribution in [0.3, 0.4) is 0 Å². The fourth-order valence-corrected chi connectivity index (χ4v) is 3.75. The number of carbonyl (C=O) groups is 1. The molecule has 34 heavy (non-hydrogen) atoms. The van der Waals surface area contributed by atoms with Gasteiger partial charge in [-0.3, -0.25) is 9.48 Å². The number of hydrogen-bond donors (Lipinski definition) is 1. The lowest BCUT2D eigenvalue weighted by Gasteiger charge is -2.41. The van der Waals surface area contributed by atoms with E-state index in [1.165, 1.54) is 6.20 Å². The van der Waals surface area contributed by atoms with Gasteiger partial charge in [0.2, 0.25) is 0 Å². The van der Waals surface area contributed by atoms with Crippen molar-refractivity contribution >= 4 is 17.3 Å². The van der Waals surface area contributed by atoms with Gasteiger partial charge in [-0.25, -0.2) is 4.39 Å². The molecule has 5 rings (SSSR count). The number of rotatable bonds is 6. The molecule has 0 spiro atoms. The number of aromatic nitrogens is 4. The number of alkyl halides is 3. The predicted octanol–water partition coefficient (Wildman–Crippen LogP) is 3.77. The molecule has 1 aliphatic heterocycles. The first-order valence-corrected chi connectivity index (χ1v) is 10.6. The first-order chi connectivity index (χ1) is 16.2. The molecule has 0 bridgehead atoms. The molecule has 0 atom stereocenters. The molecule has 1 saturated carbocycles. The van der Waals surface area contributed by atoms with Crippen LogP contribution in [0.1, 0.15) is 40.5 Å². The van der Waals surface area contributed by atoms with Crippen molar-refractivity contribution in [3.05, 3.63) is 59.4 Å². The minimum Gasteiger partial charge on any atom is -0.487 e. The Balaban J connectivity index is 1.32. The molecule has 8 nitrogen and oxygen atoms in total. The summed E-state index contributed by atoms with van der Waals surface area (Å²) in [5.74, 6) is -1.37. The molecule has 1 amide bonds. The van der Waals surface area contributed by atoms with Gasteiger partial charge in [0, 0.05) is 25.2 Å². The third kappa shape index (κ3) is 4.66. The Morgan fingerprint density at radius 1 is 1.15 bits per heavy atom. The maximum Gasteiger partial charge on any atom is 0.416 e. The largest absolute Gasteiger partial charge is 0.487 e. The molecule has 3 heterocycles. The Morgan fingerprint density at radius 2 is 1.91 bits per heavy atom. The third-order valence-electron chi connectivity index (χ3n) is 5.66. The van der Waals surface area contributed by atoms with Crippen LogP contribution in [-0.4, -0.2) is 45.1 Å². The average molecular weight is 476 g/mol. The molecule has 2 aliphatic rings. The van der Waals surface area contributed by atoms with Gasteiger partial charge in [-0.15, -0.1) is 5.10 Å². The Bertz CT molecular complexity index is 1230. The van der Waals surface area contributed by atoms with E-state index in [9.17, 15) is 22.4 Å². The lowest BCUT2D eigenvalue weighted by atomic mass is 10.1. The summed E-state index contributed by atoms with van der Waals surface area (Å²) >= 11 is 0. The number of anilines is 2. The molecule has 1 aliphatic carbocycles. The average Bonchev–Trinajstić information content (AvgIpc) is 3.51. The van der Waals surface area contributed by atoms with Gasteiger partial charge in [-0.1, -0.05) is 0 Å². The van der Waals surface area contributed by atoms with Crippen LogP contribution in [0.25, 0.3) is 0 Å². The Labute approximate surface area is 191 Å². The second kappa shape index (κ2) is 8.26. The molecule has 3 aromatic rings. The SMILES string of the molecule is Cn1cc(NC(=O)c2nnc(C3CC3)cc2N2CC(Oc3cc(F)cc(C(F)(F)F)c3)C2)cn1. The van der Waals surface area contributed by atoms with E-state index < -0.39 is 29.6 Å². The summed E-state index contributed by atoms with van der Waals surface area (Å²) in [5.41, 5.74) is 0.866. The van der Waals surface area contributed by atoms with Crippen molar-refractivity contribution in [2.75, 3.05) is 23.3 Å². The summed E-state index contributed by atoms with van der Waals surface area (Å²) in [6.07, 6.45) is 0.000250. The minimum atomic E-state index is -4.68. The normalized spacial score (nSPS) is 16.3. The highest BCUT2D eigenvalue weighted by Crippen LogP contribution is 2.41. The highest BCUT2D eigenvalue weighted by molar-refractivity contribution is 6.06. The van der Waals surface area contributed by atoms with Gasteiger partial charge in [0.15, 0.2) is 5.69 Å². The van der Waals surface area contributed by atoms with Gasteiger partial charge in [0.1, 0.15) is 17.7 Å². The maximum absolute atomic E-state index is 13.7. The summed E-state index contributed by atoms with van der Waals surface area (Å²) < 4.78 is 59.7. The lowest BCUT2D eigenvalue weighted by Crippen LogP contribution is -2.54. The van der Waals surface area contributed by atoms with Crippen LogP contribution < -0.4 is 15.0 Å². The Kier molecular flexibility index (Phi) is 5.37. The summed E-state index contributed by atoms with van der Waals surface area (Å²) in [4.78, 5) is 14.7.